The Kier molecular flexibility index (Phi) is 4.36. The van der Waals surface area contributed by atoms with Crippen LogP contribution in [0, 0.1) is 5.92 Å². The lowest BCUT2D eigenvalue weighted by molar-refractivity contribution is 0.283. The molecule has 1 atom stereocenters. The van der Waals surface area contributed by atoms with E-state index >= 15 is 0 Å². The van der Waals surface area contributed by atoms with Crippen LogP contribution in [-0.2, 0) is 0 Å². The standard InChI is InChI=1S/C7H15NO/c1-6(2)3-4-7(8)5-9/h3-4,6-7,9H,5,8H2,1-2H3/b4-3+/t7-/m0/s1. The van der Waals surface area contributed by atoms with E-state index < -0.39 is 0 Å². The Bertz CT molecular complexity index is 88.9. The minimum atomic E-state index is -0.188. The van der Waals surface area contributed by atoms with Gasteiger partial charge < -0.3 is 10.8 Å². The number of nitrogens with two attached hydrogens (primary N) is 1. The van der Waals surface area contributed by atoms with E-state index in [2.05, 4.69) is 13.8 Å². The molecule has 2 nitrogen and oxygen atoms in total. The minimum absolute atomic E-state index is 0.0310. The Labute approximate surface area is 56.4 Å². The second kappa shape index (κ2) is 4.53. The number of allylic oxidation sites excluding steroid dienone is 1. The molecule has 0 radical (unpaired) electrons. The first-order valence-electron chi connectivity index (χ1n) is 3.21. The molecule has 3 N–H and O–H groups in total. The molecule has 0 aliphatic heterocycles. The van der Waals surface area contributed by atoms with Crippen molar-refractivity contribution in [1.82, 2.24) is 0 Å². The van der Waals surface area contributed by atoms with Crippen molar-refractivity contribution >= 4 is 0 Å². The lowest BCUT2D eigenvalue weighted by atomic mass is 10.2. The molecule has 0 bridgehead atoms. The van der Waals surface area contributed by atoms with E-state index in [0.29, 0.717) is 5.92 Å². The number of aliphatic hydroxyl groups is 1. The Morgan fingerprint density at radius 2 is 2.00 bits per heavy atom. The summed E-state index contributed by atoms with van der Waals surface area (Å²) in [5.41, 5.74) is 5.38. The van der Waals surface area contributed by atoms with Gasteiger partial charge in [0, 0.05) is 6.04 Å². The van der Waals surface area contributed by atoms with E-state index in [9.17, 15) is 0 Å². The fraction of sp³-hybridized carbons (Fsp3) is 0.714. The molecule has 0 saturated heterocycles. The maximum Gasteiger partial charge on any atom is 0.0618 e. The fourth-order valence-corrected chi connectivity index (χ4v) is 0.426. The van der Waals surface area contributed by atoms with Crippen LogP contribution in [-0.4, -0.2) is 17.8 Å². The van der Waals surface area contributed by atoms with Crippen molar-refractivity contribution in [2.75, 3.05) is 6.61 Å². The van der Waals surface area contributed by atoms with E-state index in [1.54, 1.807) is 0 Å². The minimum Gasteiger partial charge on any atom is -0.394 e. The van der Waals surface area contributed by atoms with Gasteiger partial charge in [0.15, 0.2) is 0 Å². The predicted octanol–water partition coefficient (Wildman–Crippen LogP) is 0.518. The number of rotatable bonds is 3. The highest BCUT2D eigenvalue weighted by atomic mass is 16.3. The Hall–Kier alpha value is -0.340. The van der Waals surface area contributed by atoms with Crippen LogP contribution in [0.5, 0.6) is 0 Å². The molecule has 9 heavy (non-hydrogen) atoms. The molecule has 0 aromatic carbocycles. The molecule has 0 aliphatic rings. The third kappa shape index (κ3) is 5.53. The topological polar surface area (TPSA) is 46.2 Å². The molecule has 0 aromatic rings. The van der Waals surface area contributed by atoms with Crippen LogP contribution in [0.1, 0.15) is 13.8 Å². The molecule has 0 aromatic heterocycles. The lowest BCUT2D eigenvalue weighted by Gasteiger charge is -2.00. The van der Waals surface area contributed by atoms with Crippen molar-refractivity contribution in [2.45, 2.75) is 19.9 Å². The van der Waals surface area contributed by atoms with E-state index in [1.807, 2.05) is 12.2 Å². The van der Waals surface area contributed by atoms with Gasteiger partial charge in [0.05, 0.1) is 6.61 Å². The quantitative estimate of drug-likeness (QED) is 0.546. The monoisotopic (exact) mass is 129 g/mol. The van der Waals surface area contributed by atoms with Gasteiger partial charge in [-0.25, -0.2) is 0 Å². The summed E-state index contributed by atoms with van der Waals surface area (Å²) in [5, 5.41) is 8.47. The average Bonchev–Trinajstić information content (AvgIpc) is 1.83. The molecular weight excluding hydrogens is 114 g/mol. The summed E-state index contributed by atoms with van der Waals surface area (Å²) in [6.07, 6.45) is 3.81. The fourth-order valence-electron chi connectivity index (χ4n) is 0.426. The van der Waals surface area contributed by atoms with Crippen molar-refractivity contribution < 1.29 is 5.11 Å². The zero-order valence-electron chi connectivity index (χ0n) is 6.04. The van der Waals surface area contributed by atoms with Crippen LogP contribution in [0.25, 0.3) is 0 Å². The SMILES string of the molecule is CC(C)/C=C/[C@H](N)CO. The second-order valence-corrected chi connectivity index (χ2v) is 2.48. The predicted molar refractivity (Wildman–Crippen MR) is 39.0 cm³/mol. The largest absolute Gasteiger partial charge is 0.394 e. The Morgan fingerprint density at radius 1 is 1.44 bits per heavy atom. The van der Waals surface area contributed by atoms with Gasteiger partial charge in [0.2, 0.25) is 0 Å². The van der Waals surface area contributed by atoms with E-state index in [0.717, 1.165) is 0 Å². The van der Waals surface area contributed by atoms with Crippen molar-refractivity contribution in [3.8, 4) is 0 Å². The second-order valence-electron chi connectivity index (χ2n) is 2.48. The van der Waals surface area contributed by atoms with Gasteiger partial charge in [-0.05, 0) is 5.92 Å². The lowest BCUT2D eigenvalue weighted by Crippen LogP contribution is -2.21. The highest BCUT2D eigenvalue weighted by Gasteiger charge is 1.91. The summed E-state index contributed by atoms with van der Waals surface area (Å²) >= 11 is 0. The zero-order chi connectivity index (χ0) is 7.28. The van der Waals surface area contributed by atoms with Gasteiger partial charge in [0.25, 0.3) is 0 Å². The normalized spacial score (nSPS) is 15.2. The summed E-state index contributed by atoms with van der Waals surface area (Å²) in [6.45, 7) is 4.17. The van der Waals surface area contributed by atoms with Crippen LogP contribution in [0.15, 0.2) is 12.2 Å². The van der Waals surface area contributed by atoms with Gasteiger partial charge in [-0.3, -0.25) is 0 Å². The van der Waals surface area contributed by atoms with Crippen LogP contribution in [0.3, 0.4) is 0 Å². The van der Waals surface area contributed by atoms with Gasteiger partial charge >= 0.3 is 0 Å². The van der Waals surface area contributed by atoms with E-state index in [1.165, 1.54) is 0 Å². The zero-order valence-corrected chi connectivity index (χ0v) is 6.04. The van der Waals surface area contributed by atoms with Crippen LogP contribution >= 0.6 is 0 Å². The van der Waals surface area contributed by atoms with Gasteiger partial charge in [-0.2, -0.15) is 0 Å². The summed E-state index contributed by atoms with van der Waals surface area (Å²) in [4.78, 5) is 0. The number of hydrogen-bond acceptors (Lipinski definition) is 2. The molecule has 0 saturated carbocycles. The molecule has 0 spiro atoms. The summed E-state index contributed by atoms with van der Waals surface area (Å²) in [5.74, 6) is 0.516. The molecule has 0 fully saturated rings. The first-order valence-corrected chi connectivity index (χ1v) is 3.21. The summed E-state index contributed by atoms with van der Waals surface area (Å²) in [7, 11) is 0. The summed E-state index contributed by atoms with van der Waals surface area (Å²) in [6, 6.07) is -0.188. The first-order chi connectivity index (χ1) is 4.16. The molecule has 2 heteroatoms. The van der Waals surface area contributed by atoms with Gasteiger partial charge in [0.1, 0.15) is 0 Å². The molecule has 0 heterocycles. The molecular formula is C7H15NO. The molecule has 0 unspecified atom stereocenters. The van der Waals surface area contributed by atoms with Crippen LogP contribution in [0.4, 0.5) is 0 Å². The van der Waals surface area contributed by atoms with Crippen molar-refractivity contribution in [3.63, 3.8) is 0 Å². The highest BCUT2D eigenvalue weighted by molar-refractivity contribution is 4.92. The number of aliphatic hydroxyl groups excluding tert-OH is 1. The maximum atomic E-state index is 8.47. The Balaban J connectivity index is 3.43. The van der Waals surface area contributed by atoms with Gasteiger partial charge in [-0.15, -0.1) is 0 Å². The average molecular weight is 129 g/mol. The van der Waals surface area contributed by atoms with E-state index in [-0.39, 0.29) is 12.6 Å². The number of hydrogen-bond donors (Lipinski definition) is 2. The maximum absolute atomic E-state index is 8.47. The van der Waals surface area contributed by atoms with Crippen LogP contribution in [0.2, 0.25) is 0 Å². The van der Waals surface area contributed by atoms with Crippen molar-refractivity contribution in [2.24, 2.45) is 11.7 Å². The molecule has 54 valence electrons. The smallest absolute Gasteiger partial charge is 0.0618 e. The summed E-state index contributed by atoms with van der Waals surface area (Å²) < 4.78 is 0. The molecule has 0 aliphatic carbocycles. The first kappa shape index (κ1) is 8.66. The molecule has 0 rings (SSSR count). The third-order valence-electron chi connectivity index (χ3n) is 0.954. The van der Waals surface area contributed by atoms with E-state index in [4.69, 9.17) is 10.8 Å². The third-order valence-corrected chi connectivity index (χ3v) is 0.954. The molecule has 0 amide bonds. The van der Waals surface area contributed by atoms with Gasteiger partial charge in [-0.1, -0.05) is 26.0 Å². The highest BCUT2D eigenvalue weighted by Crippen LogP contribution is 1.93. The Morgan fingerprint density at radius 3 is 2.33 bits per heavy atom. The van der Waals surface area contributed by atoms with Crippen molar-refractivity contribution in [1.29, 1.82) is 0 Å². The van der Waals surface area contributed by atoms with Crippen molar-refractivity contribution in [3.05, 3.63) is 12.2 Å². The van der Waals surface area contributed by atoms with Crippen LogP contribution < -0.4 is 5.73 Å².